The minimum absolute atomic E-state index is 0.110. The van der Waals surface area contributed by atoms with Crippen molar-refractivity contribution < 1.29 is 9.90 Å². The number of pyridine rings is 1. The van der Waals surface area contributed by atoms with Crippen molar-refractivity contribution in [2.45, 2.75) is 27.2 Å². The van der Waals surface area contributed by atoms with Crippen molar-refractivity contribution >= 4 is 16.9 Å². The Morgan fingerprint density at radius 2 is 1.95 bits per heavy atom. The number of rotatable bonds is 2. The van der Waals surface area contributed by atoms with Crippen molar-refractivity contribution in [3.8, 4) is 0 Å². The third-order valence-corrected chi connectivity index (χ3v) is 3.75. The highest BCUT2D eigenvalue weighted by molar-refractivity contribution is 5.97. The van der Waals surface area contributed by atoms with Crippen LogP contribution in [0.2, 0.25) is 0 Å². The van der Waals surface area contributed by atoms with Crippen LogP contribution in [0.4, 0.5) is 0 Å². The Bertz CT molecular complexity index is 741. The zero-order chi connectivity index (χ0) is 14.3. The molecule has 1 heterocycles. The number of hydrogen-bond acceptors (Lipinski definition) is 2. The zero-order valence-electron chi connectivity index (χ0n) is 11.6. The maximum atomic E-state index is 12.2. The topological polar surface area (TPSA) is 59.3 Å². The lowest BCUT2D eigenvalue weighted by Gasteiger charge is -2.15. The van der Waals surface area contributed by atoms with E-state index < -0.39 is 11.5 Å². The molecule has 4 heteroatoms. The van der Waals surface area contributed by atoms with Gasteiger partial charge in [0.1, 0.15) is 5.56 Å². The number of carboxylic acids is 1. The average molecular weight is 259 g/mol. The van der Waals surface area contributed by atoms with Crippen LogP contribution in [0.15, 0.2) is 16.9 Å². The number of carboxylic acid groups (broad SMARTS) is 1. The Kier molecular flexibility index (Phi) is 3.18. The van der Waals surface area contributed by atoms with E-state index in [0.717, 1.165) is 22.0 Å². The van der Waals surface area contributed by atoms with Crippen LogP contribution in [0.1, 0.15) is 34.0 Å². The Morgan fingerprint density at radius 1 is 1.32 bits per heavy atom. The first-order valence-electron chi connectivity index (χ1n) is 6.25. The molecule has 0 spiro atoms. The Labute approximate surface area is 111 Å². The molecule has 1 aromatic heterocycles. The fourth-order valence-corrected chi connectivity index (χ4v) is 2.60. The van der Waals surface area contributed by atoms with Crippen LogP contribution >= 0.6 is 0 Å². The summed E-state index contributed by atoms with van der Waals surface area (Å²) < 4.78 is 1.44. The summed E-state index contributed by atoms with van der Waals surface area (Å²) in [5.74, 6) is -1.16. The minimum atomic E-state index is -1.16. The number of aromatic carboxylic acids is 1. The summed E-state index contributed by atoms with van der Waals surface area (Å²) in [4.78, 5) is 23.6. The van der Waals surface area contributed by atoms with Crippen molar-refractivity contribution in [1.29, 1.82) is 0 Å². The van der Waals surface area contributed by atoms with E-state index in [1.165, 1.54) is 4.57 Å². The van der Waals surface area contributed by atoms with Gasteiger partial charge in [0.25, 0.3) is 5.56 Å². The maximum absolute atomic E-state index is 12.2. The molecule has 0 fully saturated rings. The quantitative estimate of drug-likeness (QED) is 0.901. The number of aromatic nitrogens is 1. The van der Waals surface area contributed by atoms with Crippen LogP contribution in [-0.2, 0) is 13.5 Å². The number of nitrogens with zero attached hydrogens (tertiary/aromatic N) is 1. The van der Waals surface area contributed by atoms with Crippen LogP contribution in [0.5, 0.6) is 0 Å². The molecule has 0 saturated heterocycles. The molecule has 0 aliphatic rings. The second-order valence-electron chi connectivity index (χ2n) is 4.78. The maximum Gasteiger partial charge on any atom is 0.341 e. The summed E-state index contributed by atoms with van der Waals surface area (Å²) in [6.45, 7) is 5.81. The predicted molar refractivity (Wildman–Crippen MR) is 75.0 cm³/mol. The third-order valence-electron chi connectivity index (χ3n) is 3.75. The van der Waals surface area contributed by atoms with E-state index in [0.29, 0.717) is 12.0 Å². The van der Waals surface area contributed by atoms with Gasteiger partial charge in [-0.05, 0) is 37.0 Å². The van der Waals surface area contributed by atoms with Crippen LogP contribution in [0.25, 0.3) is 10.9 Å². The summed E-state index contributed by atoms with van der Waals surface area (Å²) in [7, 11) is 1.63. The zero-order valence-corrected chi connectivity index (χ0v) is 11.6. The molecule has 0 saturated carbocycles. The minimum Gasteiger partial charge on any atom is -0.477 e. The molecule has 1 aromatic carbocycles. The van der Waals surface area contributed by atoms with E-state index >= 15 is 0 Å². The molecule has 19 heavy (non-hydrogen) atoms. The fraction of sp³-hybridized carbons (Fsp3) is 0.333. The van der Waals surface area contributed by atoms with E-state index in [1.54, 1.807) is 7.05 Å². The standard InChI is InChI=1S/C15H17NO3/c1-5-10-11-7-6-8(2)9(3)13(11)16(4)14(17)12(10)15(18)19/h6-7H,5H2,1-4H3,(H,18,19). The van der Waals surface area contributed by atoms with Crippen molar-refractivity contribution in [1.82, 2.24) is 4.57 Å². The van der Waals surface area contributed by atoms with Gasteiger partial charge in [-0.15, -0.1) is 0 Å². The molecule has 0 atom stereocenters. The molecule has 0 bridgehead atoms. The molecule has 2 rings (SSSR count). The Hall–Kier alpha value is -2.10. The summed E-state index contributed by atoms with van der Waals surface area (Å²) >= 11 is 0. The molecule has 100 valence electrons. The van der Waals surface area contributed by atoms with Gasteiger partial charge in [0.15, 0.2) is 0 Å². The van der Waals surface area contributed by atoms with E-state index in [4.69, 9.17) is 0 Å². The molecule has 0 unspecified atom stereocenters. The first kappa shape index (κ1) is 13.3. The first-order valence-corrected chi connectivity index (χ1v) is 6.25. The second-order valence-corrected chi connectivity index (χ2v) is 4.78. The van der Waals surface area contributed by atoms with E-state index in [2.05, 4.69) is 0 Å². The van der Waals surface area contributed by atoms with Gasteiger partial charge < -0.3 is 9.67 Å². The highest BCUT2D eigenvalue weighted by atomic mass is 16.4. The van der Waals surface area contributed by atoms with Gasteiger partial charge in [0.2, 0.25) is 0 Å². The fourth-order valence-electron chi connectivity index (χ4n) is 2.60. The summed E-state index contributed by atoms with van der Waals surface area (Å²) in [6, 6.07) is 3.87. The number of fused-ring (bicyclic) bond motifs is 1. The van der Waals surface area contributed by atoms with Crippen molar-refractivity contribution in [3.63, 3.8) is 0 Å². The number of carbonyl (C=O) groups is 1. The Balaban J connectivity index is 3.14. The van der Waals surface area contributed by atoms with E-state index in [-0.39, 0.29) is 5.56 Å². The van der Waals surface area contributed by atoms with Crippen molar-refractivity contribution in [3.05, 3.63) is 44.7 Å². The van der Waals surface area contributed by atoms with Crippen molar-refractivity contribution in [2.75, 3.05) is 0 Å². The molecular weight excluding hydrogens is 242 g/mol. The summed E-state index contributed by atoms with van der Waals surface area (Å²) in [5.41, 5.74) is 3.00. The monoisotopic (exact) mass is 259 g/mol. The molecule has 2 aromatic rings. The van der Waals surface area contributed by atoms with Crippen LogP contribution in [0, 0.1) is 13.8 Å². The average Bonchev–Trinajstić information content (AvgIpc) is 2.36. The van der Waals surface area contributed by atoms with Crippen LogP contribution in [-0.4, -0.2) is 15.6 Å². The van der Waals surface area contributed by atoms with Gasteiger partial charge in [0, 0.05) is 12.4 Å². The van der Waals surface area contributed by atoms with Gasteiger partial charge in [-0.25, -0.2) is 4.79 Å². The van der Waals surface area contributed by atoms with Gasteiger partial charge in [-0.3, -0.25) is 4.79 Å². The Morgan fingerprint density at radius 3 is 2.47 bits per heavy atom. The second kappa shape index (κ2) is 4.53. The highest BCUT2D eigenvalue weighted by Gasteiger charge is 2.20. The smallest absolute Gasteiger partial charge is 0.341 e. The van der Waals surface area contributed by atoms with Crippen LogP contribution < -0.4 is 5.56 Å². The van der Waals surface area contributed by atoms with Gasteiger partial charge in [-0.1, -0.05) is 19.1 Å². The number of benzene rings is 1. The lowest BCUT2D eigenvalue weighted by molar-refractivity contribution is 0.0693. The van der Waals surface area contributed by atoms with E-state index in [9.17, 15) is 14.7 Å². The lowest BCUT2D eigenvalue weighted by atomic mass is 9.96. The third kappa shape index (κ3) is 1.84. The van der Waals surface area contributed by atoms with Crippen LogP contribution in [0.3, 0.4) is 0 Å². The lowest BCUT2D eigenvalue weighted by Crippen LogP contribution is -2.27. The molecule has 0 aliphatic carbocycles. The number of hydrogen-bond donors (Lipinski definition) is 1. The van der Waals surface area contributed by atoms with Crippen molar-refractivity contribution in [2.24, 2.45) is 7.05 Å². The normalized spacial score (nSPS) is 10.9. The molecule has 4 nitrogen and oxygen atoms in total. The summed E-state index contributed by atoms with van der Waals surface area (Å²) in [6.07, 6.45) is 0.525. The molecule has 0 aliphatic heterocycles. The largest absolute Gasteiger partial charge is 0.477 e. The predicted octanol–water partition coefficient (Wildman–Crippen LogP) is 2.42. The molecule has 0 radical (unpaired) electrons. The molecule has 1 N–H and O–H groups in total. The highest BCUT2D eigenvalue weighted by Crippen LogP contribution is 2.25. The van der Waals surface area contributed by atoms with Gasteiger partial charge in [-0.2, -0.15) is 0 Å². The molecular formula is C15H17NO3. The molecule has 0 amide bonds. The number of aryl methyl sites for hydroxylation is 4. The van der Waals surface area contributed by atoms with Gasteiger partial charge in [0.05, 0.1) is 5.52 Å². The van der Waals surface area contributed by atoms with E-state index in [1.807, 2.05) is 32.9 Å². The SMILES string of the molecule is CCc1c(C(=O)O)c(=O)n(C)c2c(C)c(C)ccc12. The summed E-state index contributed by atoms with van der Waals surface area (Å²) in [5, 5.41) is 10.1. The first-order chi connectivity index (χ1) is 8.90. The van der Waals surface area contributed by atoms with Gasteiger partial charge >= 0.3 is 5.97 Å².